The maximum Gasteiger partial charge on any atom is 0.270 e. The lowest BCUT2D eigenvalue weighted by Crippen LogP contribution is -2.24. The Morgan fingerprint density at radius 3 is 2.60 bits per heavy atom. The minimum atomic E-state index is -0.304. The van der Waals surface area contributed by atoms with Crippen LogP contribution in [0.5, 0.6) is 11.8 Å². The van der Waals surface area contributed by atoms with Crippen LogP contribution in [0.2, 0.25) is 0 Å². The third-order valence-corrected chi connectivity index (χ3v) is 2.54. The Bertz CT molecular complexity index is 586. The molecule has 0 fully saturated rings. The van der Waals surface area contributed by atoms with Crippen molar-refractivity contribution >= 4 is 5.91 Å². The van der Waals surface area contributed by atoms with Crippen molar-refractivity contribution in [3.8, 4) is 11.8 Å². The summed E-state index contributed by atoms with van der Waals surface area (Å²) >= 11 is 0. The van der Waals surface area contributed by atoms with Gasteiger partial charge in [0.25, 0.3) is 5.91 Å². The standard InChI is InChI=1S/C13H14N4O3/c1-19-11-4-3-9(6-14-11)7-15-13(18)10-5-12(20-2)17-8-16-10/h3-6,8H,7H2,1-2H3,(H,15,18). The minimum Gasteiger partial charge on any atom is -0.481 e. The first-order valence-corrected chi connectivity index (χ1v) is 5.86. The predicted octanol–water partition coefficient (Wildman–Crippen LogP) is 0.819. The van der Waals surface area contributed by atoms with E-state index in [1.54, 1.807) is 19.4 Å². The molecule has 0 radical (unpaired) electrons. The lowest BCUT2D eigenvalue weighted by Gasteiger charge is -2.06. The van der Waals surface area contributed by atoms with Crippen LogP contribution in [0, 0.1) is 0 Å². The first-order chi connectivity index (χ1) is 9.72. The molecular formula is C13H14N4O3. The Labute approximate surface area is 116 Å². The van der Waals surface area contributed by atoms with Crippen molar-refractivity contribution in [2.75, 3.05) is 14.2 Å². The van der Waals surface area contributed by atoms with Gasteiger partial charge in [0, 0.05) is 24.9 Å². The summed E-state index contributed by atoms with van der Waals surface area (Å²) in [5.41, 5.74) is 1.11. The van der Waals surface area contributed by atoms with Gasteiger partial charge in [-0.15, -0.1) is 0 Å². The van der Waals surface area contributed by atoms with Crippen molar-refractivity contribution in [1.82, 2.24) is 20.3 Å². The fourth-order valence-electron chi connectivity index (χ4n) is 1.48. The second kappa shape index (κ2) is 6.46. The lowest BCUT2D eigenvalue weighted by atomic mass is 10.2. The summed E-state index contributed by atoms with van der Waals surface area (Å²) in [4.78, 5) is 23.7. The zero-order valence-corrected chi connectivity index (χ0v) is 11.2. The van der Waals surface area contributed by atoms with Gasteiger partial charge >= 0.3 is 0 Å². The summed E-state index contributed by atoms with van der Waals surface area (Å²) in [7, 11) is 3.03. The molecule has 0 aliphatic heterocycles. The molecule has 7 nitrogen and oxygen atoms in total. The molecule has 1 amide bonds. The van der Waals surface area contributed by atoms with Gasteiger partial charge < -0.3 is 14.8 Å². The van der Waals surface area contributed by atoms with Gasteiger partial charge in [0.1, 0.15) is 12.0 Å². The van der Waals surface area contributed by atoms with Crippen molar-refractivity contribution in [3.63, 3.8) is 0 Å². The van der Waals surface area contributed by atoms with Crippen LogP contribution in [0.25, 0.3) is 0 Å². The third-order valence-electron chi connectivity index (χ3n) is 2.54. The maximum atomic E-state index is 11.9. The Hall–Kier alpha value is -2.70. The molecule has 0 spiro atoms. The molecule has 2 aromatic heterocycles. The van der Waals surface area contributed by atoms with E-state index in [0.717, 1.165) is 5.56 Å². The van der Waals surface area contributed by atoms with E-state index in [-0.39, 0.29) is 11.6 Å². The predicted molar refractivity (Wildman–Crippen MR) is 70.5 cm³/mol. The normalized spacial score (nSPS) is 9.90. The third kappa shape index (κ3) is 3.41. The van der Waals surface area contributed by atoms with E-state index in [0.29, 0.717) is 18.3 Å². The van der Waals surface area contributed by atoms with Gasteiger partial charge in [-0.2, -0.15) is 0 Å². The average molecular weight is 274 g/mol. The highest BCUT2D eigenvalue weighted by atomic mass is 16.5. The molecule has 2 rings (SSSR count). The monoisotopic (exact) mass is 274 g/mol. The van der Waals surface area contributed by atoms with Gasteiger partial charge in [-0.05, 0) is 5.56 Å². The van der Waals surface area contributed by atoms with E-state index in [4.69, 9.17) is 9.47 Å². The SMILES string of the molecule is COc1ccc(CNC(=O)c2cc(OC)ncn2)cn1. The molecule has 0 bridgehead atoms. The van der Waals surface area contributed by atoms with Crippen LogP contribution in [0.3, 0.4) is 0 Å². The maximum absolute atomic E-state index is 11.9. The summed E-state index contributed by atoms with van der Waals surface area (Å²) in [6.07, 6.45) is 2.92. The van der Waals surface area contributed by atoms with E-state index in [9.17, 15) is 4.79 Å². The highest BCUT2D eigenvalue weighted by molar-refractivity contribution is 5.92. The smallest absolute Gasteiger partial charge is 0.270 e. The van der Waals surface area contributed by atoms with Crippen LogP contribution in [-0.4, -0.2) is 35.1 Å². The number of rotatable bonds is 5. The van der Waals surface area contributed by atoms with Crippen molar-refractivity contribution in [1.29, 1.82) is 0 Å². The largest absolute Gasteiger partial charge is 0.481 e. The number of nitrogens with zero attached hydrogens (tertiary/aromatic N) is 3. The molecule has 7 heteroatoms. The van der Waals surface area contributed by atoms with Crippen LogP contribution in [-0.2, 0) is 6.54 Å². The zero-order valence-electron chi connectivity index (χ0n) is 11.2. The minimum absolute atomic E-state index is 0.248. The number of pyridine rings is 1. The number of methoxy groups -OCH3 is 2. The highest BCUT2D eigenvalue weighted by Gasteiger charge is 2.08. The van der Waals surface area contributed by atoms with Gasteiger partial charge in [0.15, 0.2) is 0 Å². The molecule has 0 saturated carbocycles. The number of aromatic nitrogens is 3. The summed E-state index contributed by atoms with van der Waals surface area (Å²) in [5, 5.41) is 2.74. The fraction of sp³-hybridized carbons (Fsp3) is 0.231. The molecule has 1 N–H and O–H groups in total. The Morgan fingerprint density at radius 1 is 1.15 bits per heavy atom. The van der Waals surface area contributed by atoms with E-state index in [2.05, 4.69) is 20.3 Å². The van der Waals surface area contributed by atoms with Crippen LogP contribution in [0.4, 0.5) is 0 Å². The Balaban J connectivity index is 1.97. The van der Waals surface area contributed by atoms with E-state index in [1.165, 1.54) is 19.5 Å². The van der Waals surface area contributed by atoms with Crippen LogP contribution >= 0.6 is 0 Å². The molecule has 0 aliphatic carbocycles. The molecular weight excluding hydrogens is 260 g/mol. The zero-order chi connectivity index (χ0) is 14.4. The second-order valence-electron chi connectivity index (χ2n) is 3.84. The van der Waals surface area contributed by atoms with E-state index >= 15 is 0 Å². The molecule has 0 aliphatic rings. The van der Waals surface area contributed by atoms with Gasteiger partial charge in [0.2, 0.25) is 11.8 Å². The van der Waals surface area contributed by atoms with Crippen molar-refractivity contribution < 1.29 is 14.3 Å². The molecule has 0 aromatic carbocycles. The van der Waals surface area contributed by atoms with Gasteiger partial charge in [-0.3, -0.25) is 4.79 Å². The average Bonchev–Trinajstić information content (AvgIpc) is 2.53. The fourth-order valence-corrected chi connectivity index (χ4v) is 1.48. The van der Waals surface area contributed by atoms with E-state index < -0.39 is 0 Å². The van der Waals surface area contributed by atoms with Gasteiger partial charge in [-0.25, -0.2) is 15.0 Å². The van der Waals surface area contributed by atoms with Crippen molar-refractivity contribution in [2.24, 2.45) is 0 Å². The molecule has 0 saturated heterocycles. The first-order valence-electron chi connectivity index (χ1n) is 5.86. The number of ether oxygens (including phenoxy) is 2. The lowest BCUT2D eigenvalue weighted by molar-refractivity contribution is 0.0945. The molecule has 2 heterocycles. The van der Waals surface area contributed by atoms with Crippen molar-refractivity contribution in [2.45, 2.75) is 6.54 Å². The summed E-state index contributed by atoms with van der Waals surface area (Å²) in [6.45, 7) is 0.349. The number of nitrogens with one attached hydrogen (secondary N) is 1. The Kier molecular flexibility index (Phi) is 4.43. The highest BCUT2D eigenvalue weighted by Crippen LogP contribution is 2.08. The topological polar surface area (TPSA) is 86.2 Å². The van der Waals surface area contributed by atoms with Gasteiger partial charge in [0.05, 0.1) is 14.2 Å². The number of carbonyl (C=O) groups excluding carboxylic acids is 1. The van der Waals surface area contributed by atoms with Crippen LogP contribution in [0.1, 0.15) is 16.1 Å². The van der Waals surface area contributed by atoms with Gasteiger partial charge in [-0.1, -0.05) is 6.07 Å². The summed E-state index contributed by atoms with van der Waals surface area (Å²) < 4.78 is 9.90. The summed E-state index contributed by atoms with van der Waals surface area (Å²) in [6, 6.07) is 5.03. The molecule has 20 heavy (non-hydrogen) atoms. The summed E-state index contributed by atoms with van der Waals surface area (Å²) in [5.74, 6) is 0.568. The van der Waals surface area contributed by atoms with E-state index in [1.807, 2.05) is 6.07 Å². The van der Waals surface area contributed by atoms with Crippen molar-refractivity contribution in [3.05, 3.63) is 42.0 Å². The quantitative estimate of drug-likeness (QED) is 0.868. The molecule has 104 valence electrons. The number of hydrogen-bond donors (Lipinski definition) is 1. The number of amides is 1. The number of carbonyl (C=O) groups is 1. The molecule has 0 unspecified atom stereocenters. The van der Waals surface area contributed by atoms with Crippen LogP contribution in [0.15, 0.2) is 30.7 Å². The molecule has 0 atom stereocenters. The molecule has 2 aromatic rings. The second-order valence-corrected chi connectivity index (χ2v) is 3.84. The first kappa shape index (κ1) is 13.7. The number of hydrogen-bond acceptors (Lipinski definition) is 6. The van der Waals surface area contributed by atoms with Crippen LogP contribution < -0.4 is 14.8 Å². The Morgan fingerprint density at radius 2 is 1.95 bits per heavy atom.